The monoisotopic (exact) mass is 270 g/mol. The van der Waals surface area contributed by atoms with Gasteiger partial charge in [0.05, 0.1) is 0 Å². The van der Waals surface area contributed by atoms with Gasteiger partial charge in [0, 0.05) is 21.2 Å². The molecule has 0 saturated heterocycles. The van der Waals surface area contributed by atoms with Gasteiger partial charge in [-0.1, -0.05) is 6.08 Å². The Bertz CT molecular complexity index is 378. The number of halogens is 1. The molecule has 0 amide bonds. The summed E-state index contributed by atoms with van der Waals surface area (Å²) in [5.41, 5.74) is 1.04. The molecule has 0 aromatic carbocycles. The maximum Gasteiger partial charge on any atom is 0.163 e. The smallest absolute Gasteiger partial charge is 0.163 e. The highest BCUT2D eigenvalue weighted by Crippen LogP contribution is 2.24. The summed E-state index contributed by atoms with van der Waals surface area (Å²) in [6.45, 7) is 0. The molecule has 0 unspecified atom stereocenters. The first kappa shape index (κ1) is 10.1. The second kappa shape index (κ2) is 4.41. The van der Waals surface area contributed by atoms with Gasteiger partial charge in [0.15, 0.2) is 5.78 Å². The van der Waals surface area contributed by atoms with E-state index in [9.17, 15) is 4.79 Å². The fraction of sp³-hybridized carbons (Fsp3) is 0.364. The van der Waals surface area contributed by atoms with Crippen molar-refractivity contribution in [1.82, 2.24) is 0 Å². The minimum atomic E-state index is 0.303. The third-order valence-electron chi connectivity index (χ3n) is 2.36. The SMILES string of the molecule is O=C(Cc1cc(Br)cs1)C1=CCCC1. The molecule has 0 aliphatic heterocycles. The van der Waals surface area contributed by atoms with Gasteiger partial charge in [-0.25, -0.2) is 0 Å². The molecule has 1 nitrogen and oxygen atoms in total. The zero-order chi connectivity index (χ0) is 9.97. The van der Waals surface area contributed by atoms with E-state index in [2.05, 4.69) is 22.0 Å². The molecule has 0 spiro atoms. The van der Waals surface area contributed by atoms with Crippen LogP contribution in [0.25, 0.3) is 0 Å². The van der Waals surface area contributed by atoms with E-state index >= 15 is 0 Å². The van der Waals surface area contributed by atoms with Crippen LogP contribution in [0.5, 0.6) is 0 Å². The second-order valence-corrected chi connectivity index (χ2v) is 5.36. The molecular formula is C11H11BrOS. The molecule has 1 aromatic heterocycles. The Morgan fingerprint density at radius 1 is 1.57 bits per heavy atom. The Hall–Kier alpha value is -0.410. The van der Waals surface area contributed by atoms with Crippen molar-refractivity contribution in [3.63, 3.8) is 0 Å². The van der Waals surface area contributed by atoms with Gasteiger partial charge in [-0.15, -0.1) is 11.3 Å². The molecule has 0 atom stereocenters. The molecule has 1 aliphatic carbocycles. The van der Waals surface area contributed by atoms with Crippen LogP contribution in [0, 0.1) is 0 Å². The van der Waals surface area contributed by atoms with Crippen molar-refractivity contribution < 1.29 is 4.79 Å². The Balaban J connectivity index is 2.01. The highest BCUT2D eigenvalue weighted by atomic mass is 79.9. The Morgan fingerprint density at radius 3 is 3.00 bits per heavy atom. The first-order valence-electron chi connectivity index (χ1n) is 4.71. The van der Waals surface area contributed by atoms with E-state index in [1.54, 1.807) is 11.3 Å². The van der Waals surface area contributed by atoms with Crippen molar-refractivity contribution in [3.05, 3.63) is 32.4 Å². The van der Waals surface area contributed by atoms with Crippen molar-refractivity contribution in [2.75, 3.05) is 0 Å². The molecule has 1 heterocycles. The second-order valence-electron chi connectivity index (χ2n) is 3.45. The molecule has 1 aromatic rings. The molecule has 0 N–H and O–H groups in total. The van der Waals surface area contributed by atoms with Crippen LogP contribution >= 0.6 is 27.3 Å². The van der Waals surface area contributed by atoms with Crippen LogP contribution in [0.1, 0.15) is 24.1 Å². The Kier molecular flexibility index (Phi) is 3.19. The van der Waals surface area contributed by atoms with Gasteiger partial charge >= 0.3 is 0 Å². The van der Waals surface area contributed by atoms with E-state index in [1.807, 2.05) is 11.4 Å². The zero-order valence-corrected chi connectivity index (χ0v) is 10.2. The Morgan fingerprint density at radius 2 is 2.43 bits per heavy atom. The fourth-order valence-electron chi connectivity index (χ4n) is 1.64. The predicted octanol–water partition coefficient (Wildman–Crippen LogP) is 3.73. The largest absolute Gasteiger partial charge is 0.294 e. The number of ketones is 1. The van der Waals surface area contributed by atoms with E-state index in [4.69, 9.17) is 0 Å². The van der Waals surface area contributed by atoms with Crippen LogP contribution in [0.4, 0.5) is 0 Å². The highest BCUT2D eigenvalue weighted by molar-refractivity contribution is 9.10. The van der Waals surface area contributed by atoms with Gasteiger partial charge in [0.2, 0.25) is 0 Å². The number of hydrogen-bond acceptors (Lipinski definition) is 2. The van der Waals surface area contributed by atoms with Crippen molar-refractivity contribution in [2.45, 2.75) is 25.7 Å². The summed E-state index contributed by atoms with van der Waals surface area (Å²) in [4.78, 5) is 12.9. The lowest BCUT2D eigenvalue weighted by Crippen LogP contribution is -2.03. The summed E-state index contributed by atoms with van der Waals surface area (Å²) in [6.07, 6.45) is 5.86. The fourth-order valence-corrected chi connectivity index (χ4v) is 3.09. The zero-order valence-electron chi connectivity index (χ0n) is 7.75. The van der Waals surface area contributed by atoms with Gasteiger partial charge in [-0.05, 0) is 46.8 Å². The van der Waals surface area contributed by atoms with Crippen LogP contribution in [0.3, 0.4) is 0 Å². The average Bonchev–Trinajstić information content (AvgIpc) is 2.75. The third-order valence-corrected chi connectivity index (χ3v) is 4.05. The van der Waals surface area contributed by atoms with E-state index in [1.165, 1.54) is 0 Å². The van der Waals surface area contributed by atoms with Gasteiger partial charge < -0.3 is 0 Å². The number of carbonyl (C=O) groups excluding carboxylic acids is 1. The van der Waals surface area contributed by atoms with Crippen LogP contribution in [0.15, 0.2) is 27.6 Å². The van der Waals surface area contributed by atoms with Crippen molar-refractivity contribution in [3.8, 4) is 0 Å². The van der Waals surface area contributed by atoms with Crippen molar-refractivity contribution >= 4 is 33.0 Å². The molecule has 1 aliphatic rings. The summed E-state index contributed by atoms with van der Waals surface area (Å²) >= 11 is 5.03. The summed E-state index contributed by atoms with van der Waals surface area (Å²) in [6, 6.07) is 2.03. The molecule has 0 saturated carbocycles. The lowest BCUT2D eigenvalue weighted by molar-refractivity contribution is -0.115. The predicted molar refractivity (Wildman–Crippen MR) is 62.7 cm³/mol. The Labute approximate surface area is 96.0 Å². The molecule has 14 heavy (non-hydrogen) atoms. The van der Waals surface area contributed by atoms with Crippen LogP contribution in [0.2, 0.25) is 0 Å². The topological polar surface area (TPSA) is 17.1 Å². The van der Waals surface area contributed by atoms with Gasteiger partial charge in [-0.3, -0.25) is 4.79 Å². The van der Waals surface area contributed by atoms with Gasteiger partial charge in [0.25, 0.3) is 0 Å². The van der Waals surface area contributed by atoms with Gasteiger partial charge in [-0.2, -0.15) is 0 Å². The molecular weight excluding hydrogens is 260 g/mol. The van der Waals surface area contributed by atoms with E-state index in [-0.39, 0.29) is 0 Å². The maximum atomic E-state index is 11.7. The van der Waals surface area contributed by atoms with E-state index < -0.39 is 0 Å². The number of carbonyl (C=O) groups is 1. The van der Waals surface area contributed by atoms with E-state index in [0.29, 0.717) is 12.2 Å². The number of Topliss-reactive ketones (excluding diaryl/α,β-unsaturated/α-hetero) is 1. The molecule has 0 bridgehead atoms. The molecule has 0 fully saturated rings. The summed E-state index contributed by atoms with van der Waals surface area (Å²) < 4.78 is 1.07. The summed E-state index contributed by atoms with van der Waals surface area (Å²) in [5, 5.41) is 2.02. The summed E-state index contributed by atoms with van der Waals surface area (Å²) in [5.74, 6) is 0.303. The number of thiophene rings is 1. The first-order valence-corrected chi connectivity index (χ1v) is 6.38. The lowest BCUT2D eigenvalue weighted by atomic mass is 10.1. The van der Waals surface area contributed by atoms with Gasteiger partial charge in [0.1, 0.15) is 0 Å². The van der Waals surface area contributed by atoms with E-state index in [0.717, 1.165) is 34.2 Å². The van der Waals surface area contributed by atoms with Crippen molar-refractivity contribution in [1.29, 1.82) is 0 Å². The minimum absolute atomic E-state index is 0.303. The minimum Gasteiger partial charge on any atom is -0.294 e. The summed E-state index contributed by atoms with van der Waals surface area (Å²) in [7, 11) is 0. The number of hydrogen-bond donors (Lipinski definition) is 0. The van der Waals surface area contributed by atoms with Crippen LogP contribution < -0.4 is 0 Å². The van der Waals surface area contributed by atoms with Crippen molar-refractivity contribution in [2.24, 2.45) is 0 Å². The normalized spacial score (nSPS) is 15.6. The van der Waals surface area contributed by atoms with Crippen LogP contribution in [-0.4, -0.2) is 5.78 Å². The quantitative estimate of drug-likeness (QED) is 0.818. The molecule has 74 valence electrons. The standard InChI is InChI=1S/C11H11BrOS/c12-9-5-10(14-7-9)6-11(13)8-3-1-2-4-8/h3,5,7H,1-2,4,6H2. The molecule has 3 heteroatoms. The third kappa shape index (κ3) is 2.34. The lowest BCUT2D eigenvalue weighted by Gasteiger charge is -1.98. The maximum absolute atomic E-state index is 11.7. The number of rotatable bonds is 3. The van der Waals surface area contributed by atoms with Crippen LogP contribution in [-0.2, 0) is 11.2 Å². The highest BCUT2D eigenvalue weighted by Gasteiger charge is 2.14. The number of allylic oxidation sites excluding steroid dienone is 2. The first-order chi connectivity index (χ1) is 6.75. The molecule has 2 rings (SSSR count). The average molecular weight is 271 g/mol. The molecule has 0 radical (unpaired) electrons.